The summed E-state index contributed by atoms with van der Waals surface area (Å²) in [5.41, 5.74) is -0.507. The Bertz CT molecular complexity index is 531. The molecule has 0 aromatic rings. The van der Waals surface area contributed by atoms with Crippen LogP contribution in [0.25, 0.3) is 0 Å². The van der Waals surface area contributed by atoms with E-state index in [2.05, 4.69) is 15.6 Å². The molecule has 1 fully saturated rings. The molecule has 0 aromatic heterocycles. The van der Waals surface area contributed by atoms with E-state index < -0.39 is 5.60 Å². The Morgan fingerprint density at radius 1 is 1.21 bits per heavy atom. The fourth-order valence-corrected chi connectivity index (χ4v) is 2.92. The average molecular weight is 527 g/mol. The van der Waals surface area contributed by atoms with E-state index in [4.69, 9.17) is 9.47 Å². The van der Waals surface area contributed by atoms with Gasteiger partial charge in [-0.2, -0.15) is 0 Å². The number of guanidine groups is 1. The van der Waals surface area contributed by atoms with E-state index >= 15 is 0 Å². The highest BCUT2D eigenvalue weighted by Gasteiger charge is 2.24. The molecule has 0 bridgehead atoms. The first-order chi connectivity index (χ1) is 13.2. The number of hydrogen-bond donors (Lipinski definition) is 2. The van der Waals surface area contributed by atoms with Crippen LogP contribution in [0.5, 0.6) is 0 Å². The van der Waals surface area contributed by atoms with E-state index in [9.17, 15) is 9.59 Å². The lowest BCUT2D eigenvalue weighted by molar-refractivity contribution is 0.0253. The molecule has 1 heterocycles. The third kappa shape index (κ3) is 10.8. The normalized spacial score (nSPS) is 15.2. The van der Waals surface area contributed by atoms with Crippen molar-refractivity contribution in [2.75, 3.05) is 46.9 Å². The first kappa shape index (κ1) is 27.5. The molecule has 0 saturated carbocycles. The lowest BCUT2D eigenvalue weighted by Gasteiger charge is -2.32. The molecule has 0 spiro atoms. The molecule has 0 aliphatic carbocycles. The number of carbonyl (C=O) groups excluding carboxylic acids is 2. The lowest BCUT2D eigenvalue weighted by atomic mass is 10.1. The molecule has 1 aliphatic heterocycles. The van der Waals surface area contributed by atoms with Crippen molar-refractivity contribution < 1.29 is 19.1 Å². The van der Waals surface area contributed by atoms with E-state index in [1.807, 2.05) is 27.7 Å². The largest absolute Gasteiger partial charge is 0.453 e. The maximum Gasteiger partial charge on any atom is 0.410 e. The van der Waals surface area contributed by atoms with Crippen LogP contribution in [0.4, 0.5) is 9.59 Å². The fourth-order valence-electron chi connectivity index (χ4n) is 2.92. The first-order valence-corrected chi connectivity index (χ1v) is 9.98. The number of hydrogen-bond acceptors (Lipinski definition) is 5. The van der Waals surface area contributed by atoms with E-state index in [1.54, 1.807) is 16.8 Å². The highest BCUT2D eigenvalue weighted by atomic mass is 127. The molecule has 0 radical (unpaired) electrons. The maximum absolute atomic E-state index is 12.3. The minimum absolute atomic E-state index is 0. The van der Waals surface area contributed by atoms with Crippen molar-refractivity contribution in [1.29, 1.82) is 0 Å². The Hall–Kier alpha value is -1.46. The molecule has 10 heteroatoms. The van der Waals surface area contributed by atoms with Gasteiger partial charge in [0.15, 0.2) is 5.96 Å². The summed E-state index contributed by atoms with van der Waals surface area (Å²) in [6, 6.07) is 0.240. The van der Waals surface area contributed by atoms with Crippen LogP contribution in [-0.4, -0.2) is 86.5 Å². The monoisotopic (exact) mass is 527 g/mol. The molecular formula is C19H38IN5O4. The number of piperidine rings is 1. The third-order valence-electron chi connectivity index (χ3n) is 4.31. The summed E-state index contributed by atoms with van der Waals surface area (Å²) < 4.78 is 10.2. The Morgan fingerprint density at radius 3 is 2.31 bits per heavy atom. The molecule has 1 rings (SSSR count). The van der Waals surface area contributed by atoms with Gasteiger partial charge in [-0.25, -0.2) is 9.59 Å². The SMILES string of the molecule is CCCN(CCNC(=NC)NC1CCN(C(=O)OC)CC1)C(=O)OC(C)(C)C.I. The zero-order valence-electron chi connectivity index (χ0n) is 18.6. The Labute approximate surface area is 192 Å². The molecule has 0 unspecified atom stereocenters. The summed E-state index contributed by atoms with van der Waals surface area (Å²) in [5.74, 6) is 0.692. The van der Waals surface area contributed by atoms with Crippen molar-refractivity contribution in [2.24, 2.45) is 4.99 Å². The molecule has 170 valence electrons. The predicted molar refractivity (Wildman–Crippen MR) is 125 cm³/mol. The van der Waals surface area contributed by atoms with Gasteiger partial charge in [0.2, 0.25) is 0 Å². The molecule has 2 amide bonds. The summed E-state index contributed by atoms with van der Waals surface area (Å²) in [7, 11) is 3.12. The number of likely N-dealkylation sites (tertiary alicyclic amines) is 1. The van der Waals surface area contributed by atoms with Gasteiger partial charge in [0.25, 0.3) is 0 Å². The number of aliphatic imine (C=N–C) groups is 1. The van der Waals surface area contributed by atoms with Gasteiger partial charge in [0.1, 0.15) is 5.60 Å². The Kier molecular flexibility index (Phi) is 13.0. The first-order valence-electron chi connectivity index (χ1n) is 9.98. The van der Waals surface area contributed by atoms with Crippen LogP contribution in [0, 0.1) is 0 Å². The topological polar surface area (TPSA) is 95.5 Å². The minimum Gasteiger partial charge on any atom is -0.453 e. The molecule has 9 nitrogen and oxygen atoms in total. The van der Waals surface area contributed by atoms with Gasteiger partial charge in [-0.05, 0) is 40.0 Å². The summed E-state index contributed by atoms with van der Waals surface area (Å²) >= 11 is 0. The minimum atomic E-state index is -0.507. The number of nitrogens with one attached hydrogen (secondary N) is 2. The van der Waals surface area contributed by atoms with Crippen LogP contribution in [0.3, 0.4) is 0 Å². The summed E-state index contributed by atoms with van der Waals surface area (Å²) in [6.45, 7) is 10.7. The highest BCUT2D eigenvalue weighted by Crippen LogP contribution is 2.11. The smallest absolute Gasteiger partial charge is 0.410 e. The Morgan fingerprint density at radius 2 is 1.83 bits per heavy atom. The van der Waals surface area contributed by atoms with Crippen molar-refractivity contribution in [3.63, 3.8) is 0 Å². The molecule has 2 N–H and O–H groups in total. The average Bonchev–Trinajstić information content (AvgIpc) is 2.64. The number of amides is 2. The lowest BCUT2D eigenvalue weighted by Crippen LogP contribution is -2.51. The zero-order chi connectivity index (χ0) is 21.2. The van der Waals surface area contributed by atoms with Crippen LogP contribution in [0.2, 0.25) is 0 Å². The van der Waals surface area contributed by atoms with Gasteiger partial charge >= 0.3 is 12.2 Å². The van der Waals surface area contributed by atoms with Crippen LogP contribution >= 0.6 is 24.0 Å². The second-order valence-corrected chi connectivity index (χ2v) is 7.84. The second kappa shape index (κ2) is 13.7. The van der Waals surface area contributed by atoms with Crippen molar-refractivity contribution >= 4 is 42.1 Å². The number of halogens is 1. The van der Waals surface area contributed by atoms with Crippen LogP contribution < -0.4 is 10.6 Å². The number of nitrogens with zero attached hydrogens (tertiary/aromatic N) is 3. The van der Waals surface area contributed by atoms with Gasteiger partial charge in [-0.15, -0.1) is 24.0 Å². The quantitative estimate of drug-likeness (QED) is 0.314. The standard InChI is InChI=1S/C19H37N5O4.HI/c1-7-11-23(18(26)28-19(2,3)4)14-10-21-16(20-5)22-15-8-12-24(13-9-15)17(25)27-6;/h15H,7-14H2,1-6H3,(H2,20,21,22);1H. The molecular weight excluding hydrogens is 489 g/mol. The van der Waals surface area contributed by atoms with Crippen LogP contribution in [0.1, 0.15) is 47.0 Å². The van der Waals surface area contributed by atoms with Crippen molar-refractivity contribution in [3.8, 4) is 0 Å². The van der Waals surface area contributed by atoms with E-state index in [-0.39, 0.29) is 42.2 Å². The van der Waals surface area contributed by atoms with Gasteiger partial charge in [-0.3, -0.25) is 4.99 Å². The van der Waals surface area contributed by atoms with Gasteiger partial charge in [-0.1, -0.05) is 6.92 Å². The highest BCUT2D eigenvalue weighted by molar-refractivity contribution is 14.0. The van der Waals surface area contributed by atoms with Gasteiger partial charge in [0, 0.05) is 45.8 Å². The second-order valence-electron chi connectivity index (χ2n) is 7.84. The van der Waals surface area contributed by atoms with E-state index in [0.717, 1.165) is 19.3 Å². The molecule has 0 aromatic carbocycles. The van der Waals surface area contributed by atoms with Crippen LogP contribution in [-0.2, 0) is 9.47 Å². The zero-order valence-corrected chi connectivity index (χ0v) is 20.9. The van der Waals surface area contributed by atoms with E-state index in [0.29, 0.717) is 38.7 Å². The van der Waals surface area contributed by atoms with Crippen molar-refractivity contribution in [3.05, 3.63) is 0 Å². The Balaban J connectivity index is 0.00000784. The van der Waals surface area contributed by atoms with Gasteiger partial charge < -0.3 is 29.9 Å². The van der Waals surface area contributed by atoms with E-state index in [1.165, 1.54) is 7.11 Å². The number of rotatable bonds is 6. The molecule has 1 aliphatic rings. The third-order valence-corrected chi connectivity index (χ3v) is 4.31. The summed E-state index contributed by atoms with van der Waals surface area (Å²) in [6.07, 6.45) is 1.95. The summed E-state index contributed by atoms with van der Waals surface area (Å²) in [5, 5.41) is 6.63. The van der Waals surface area contributed by atoms with Crippen LogP contribution in [0.15, 0.2) is 4.99 Å². The number of carbonyl (C=O) groups is 2. The van der Waals surface area contributed by atoms with Crippen molar-refractivity contribution in [1.82, 2.24) is 20.4 Å². The molecule has 1 saturated heterocycles. The molecule has 29 heavy (non-hydrogen) atoms. The maximum atomic E-state index is 12.3. The van der Waals surface area contributed by atoms with Crippen molar-refractivity contribution in [2.45, 2.75) is 58.6 Å². The number of methoxy groups -OCH3 is 1. The molecule has 0 atom stereocenters. The fraction of sp³-hybridized carbons (Fsp3) is 0.842. The summed E-state index contributed by atoms with van der Waals surface area (Å²) in [4.78, 5) is 31.5. The number of ether oxygens (including phenoxy) is 2. The van der Waals surface area contributed by atoms with Gasteiger partial charge in [0.05, 0.1) is 7.11 Å². The predicted octanol–water partition coefficient (Wildman–Crippen LogP) is 2.65.